The van der Waals surface area contributed by atoms with E-state index >= 15 is 0 Å². The van der Waals surface area contributed by atoms with Crippen LogP contribution in [0, 0.1) is 29.2 Å². The second-order valence-corrected chi connectivity index (χ2v) is 7.66. The van der Waals surface area contributed by atoms with Crippen LogP contribution < -0.4 is 5.56 Å². The number of fused-ring (bicyclic) bond motifs is 1. The molecule has 0 aliphatic heterocycles. The van der Waals surface area contributed by atoms with Crippen molar-refractivity contribution in [2.75, 3.05) is 0 Å². The van der Waals surface area contributed by atoms with Gasteiger partial charge in [0.1, 0.15) is 28.8 Å². The number of hydrogen-bond acceptors (Lipinski definition) is 3. The fraction of sp³-hybridized carbons (Fsp3) is 0.174. The van der Waals surface area contributed by atoms with Gasteiger partial charge < -0.3 is 0 Å². The third kappa shape index (κ3) is 4.19. The molecule has 8 heteroatoms. The summed E-state index contributed by atoms with van der Waals surface area (Å²) in [4.78, 5) is 21.8. The predicted molar refractivity (Wildman–Crippen MR) is 109 cm³/mol. The van der Waals surface area contributed by atoms with Crippen LogP contribution in [0.1, 0.15) is 13.8 Å². The molecule has 158 valence electrons. The van der Waals surface area contributed by atoms with Crippen molar-refractivity contribution in [2.45, 2.75) is 20.4 Å². The number of halogens is 4. The lowest BCUT2D eigenvalue weighted by atomic mass is 10.0. The highest BCUT2D eigenvalue weighted by Gasteiger charge is 2.17. The molecule has 0 fully saturated rings. The van der Waals surface area contributed by atoms with Crippen LogP contribution in [-0.2, 0) is 6.54 Å². The molecule has 4 nitrogen and oxygen atoms in total. The molecule has 0 aliphatic carbocycles. The fourth-order valence-electron chi connectivity index (χ4n) is 3.43. The lowest BCUT2D eigenvalue weighted by Gasteiger charge is -2.13. The first-order chi connectivity index (χ1) is 14.7. The molecule has 0 amide bonds. The van der Waals surface area contributed by atoms with Gasteiger partial charge >= 0.3 is 0 Å². The third-order valence-corrected chi connectivity index (χ3v) is 4.67. The molecule has 2 heterocycles. The van der Waals surface area contributed by atoms with Crippen LogP contribution in [0.5, 0.6) is 0 Å². The average molecular weight is 427 g/mol. The highest BCUT2D eigenvalue weighted by atomic mass is 19.1. The van der Waals surface area contributed by atoms with Crippen molar-refractivity contribution < 1.29 is 17.6 Å². The number of benzene rings is 2. The highest BCUT2D eigenvalue weighted by molar-refractivity contribution is 5.93. The lowest BCUT2D eigenvalue weighted by Crippen LogP contribution is -2.23. The molecular weight excluding hydrogens is 410 g/mol. The van der Waals surface area contributed by atoms with Gasteiger partial charge in [-0.2, -0.15) is 0 Å². The summed E-state index contributed by atoms with van der Waals surface area (Å²) in [5.41, 5.74) is -0.0185. The Hall–Kier alpha value is -3.55. The maximum absolute atomic E-state index is 13.9. The Bertz CT molecular complexity index is 1320. The van der Waals surface area contributed by atoms with Crippen LogP contribution in [0.3, 0.4) is 0 Å². The Kier molecular flexibility index (Phi) is 5.31. The molecule has 4 aromatic rings. The first-order valence-electron chi connectivity index (χ1n) is 9.54. The van der Waals surface area contributed by atoms with E-state index in [1.165, 1.54) is 17.0 Å². The van der Waals surface area contributed by atoms with Crippen molar-refractivity contribution >= 4 is 10.9 Å². The van der Waals surface area contributed by atoms with Crippen molar-refractivity contribution in [3.05, 3.63) is 82.4 Å². The van der Waals surface area contributed by atoms with Crippen LogP contribution >= 0.6 is 0 Å². The van der Waals surface area contributed by atoms with Gasteiger partial charge in [0.15, 0.2) is 0 Å². The summed E-state index contributed by atoms with van der Waals surface area (Å²) in [6.07, 6.45) is 1.35. The van der Waals surface area contributed by atoms with Gasteiger partial charge in [0.05, 0.1) is 23.1 Å². The second kappa shape index (κ2) is 7.94. The standard InChI is InChI=1S/C23H17F4N3O/c1-12(2)10-30-11-28-22-19(23(30)31)9-20(13-3-15(24)7-16(25)4-13)29-21(22)14-5-17(26)8-18(27)6-14/h3-9,11-12H,10H2,1-2H3. The normalized spacial score (nSPS) is 11.5. The number of pyridine rings is 1. The zero-order chi connectivity index (χ0) is 22.3. The van der Waals surface area contributed by atoms with Gasteiger partial charge in [-0.3, -0.25) is 9.36 Å². The molecule has 0 bridgehead atoms. The minimum absolute atomic E-state index is 0.0318. The van der Waals surface area contributed by atoms with E-state index in [2.05, 4.69) is 9.97 Å². The van der Waals surface area contributed by atoms with Gasteiger partial charge in [0, 0.05) is 29.8 Å². The molecule has 0 spiro atoms. The summed E-state index contributed by atoms with van der Waals surface area (Å²) in [5, 5.41) is 0.123. The minimum atomic E-state index is -0.833. The van der Waals surface area contributed by atoms with Crippen molar-refractivity contribution in [3.63, 3.8) is 0 Å². The fourth-order valence-corrected chi connectivity index (χ4v) is 3.43. The van der Waals surface area contributed by atoms with Crippen molar-refractivity contribution in [2.24, 2.45) is 5.92 Å². The summed E-state index contributed by atoms with van der Waals surface area (Å²) < 4.78 is 56.8. The molecule has 0 radical (unpaired) electrons. The smallest absolute Gasteiger partial charge is 0.261 e. The zero-order valence-electron chi connectivity index (χ0n) is 16.7. The summed E-state index contributed by atoms with van der Waals surface area (Å²) in [7, 11) is 0. The Morgan fingerprint density at radius 1 is 0.839 bits per heavy atom. The van der Waals surface area contributed by atoms with E-state index in [1.54, 1.807) is 0 Å². The highest BCUT2D eigenvalue weighted by Crippen LogP contribution is 2.30. The first kappa shape index (κ1) is 20.7. The SMILES string of the molecule is CC(C)Cn1cnc2c(-c3cc(F)cc(F)c3)nc(-c3cc(F)cc(F)c3)cc2c1=O. The molecule has 0 saturated carbocycles. The lowest BCUT2D eigenvalue weighted by molar-refractivity contribution is 0.508. The number of rotatable bonds is 4. The van der Waals surface area contributed by atoms with Crippen molar-refractivity contribution in [1.82, 2.24) is 14.5 Å². The van der Waals surface area contributed by atoms with E-state index in [0.29, 0.717) is 18.7 Å². The summed E-state index contributed by atoms with van der Waals surface area (Å²) in [6.45, 7) is 4.27. The molecule has 2 aromatic heterocycles. The molecule has 31 heavy (non-hydrogen) atoms. The maximum Gasteiger partial charge on any atom is 0.261 e. The Labute approximate surface area is 174 Å². The molecule has 0 saturated heterocycles. The third-order valence-electron chi connectivity index (χ3n) is 4.67. The maximum atomic E-state index is 13.9. The van der Waals surface area contributed by atoms with Crippen LogP contribution in [0.2, 0.25) is 0 Å². The van der Waals surface area contributed by atoms with Gasteiger partial charge in [-0.15, -0.1) is 0 Å². The Morgan fingerprint density at radius 3 is 1.94 bits per heavy atom. The van der Waals surface area contributed by atoms with Gasteiger partial charge in [-0.25, -0.2) is 27.5 Å². The molecule has 0 aliphatic rings. The first-order valence-corrected chi connectivity index (χ1v) is 9.54. The number of nitrogens with zero attached hydrogens (tertiary/aromatic N) is 3. The Balaban J connectivity index is 2.07. The van der Waals surface area contributed by atoms with Gasteiger partial charge in [0.25, 0.3) is 5.56 Å². The van der Waals surface area contributed by atoms with Gasteiger partial charge in [-0.05, 0) is 36.2 Å². The number of hydrogen-bond donors (Lipinski definition) is 0. The molecular formula is C23H17F4N3O. The minimum Gasteiger partial charge on any atom is -0.298 e. The van der Waals surface area contributed by atoms with Gasteiger partial charge in [0.2, 0.25) is 0 Å². The van der Waals surface area contributed by atoms with Crippen LogP contribution in [-0.4, -0.2) is 14.5 Å². The van der Waals surface area contributed by atoms with Crippen molar-refractivity contribution in [3.8, 4) is 22.5 Å². The molecule has 0 N–H and O–H groups in total. The molecule has 4 rings (SSSR count). The van der Waals surface area contributed by atoms with Gasteiger partial charge in [-0.1, -0.05) is 13.8 Å². The topological polar surface area (TPSA) is 47.8 Å². The zero-order valence-corrected chi connectivity index (χ0v) is 16.7. The largest absolute Gasteiger partial charge is 0.298 e. The molecule has 0 unspecified atom stereocenters. The van der Waals surface area contributed by atoms with E-state index in [9.17, 15) is 22.4 Å². The van der Waals surface area contributed by atoms with Crippen molar-refractivity contribution in [1.29, 1.82) is 0 Å². The Morgan fingerprint density at radius 2 is 1.39 bits per heavy atom. The van der Waals surface area contributed by atoms with E-state index in [1.807, 2.05) is 13.8 Å². The quantitative estimate of drug-likeness (QED) is 0.413. The van der Waals surface area contributed by atoms with Crippen LogP contribution in [0.15, 0.2) is 53.6 Å². The summed E-state index contributed by atoms with van der Waals surface area (Å²) in [6, 6.07) is 7.05. The molecule has 2 aromatic carbocycles. The van der Waals surface area contributed by atoms with E-state index in [0.717, 1.165) is 24.3 Å². The van der Waals surface area contributed by atoms with E-state index < -0.39 is 28.8 Å². The molecule has 0 atom stereocenters. The average Bonchev–Trinajstić information content (AvgIpc) is 2.67. The van der Waals surface area contributed by atoms with Crippen LogP contribution in [0.4, 0.5) is 17.6 Å². The summed E-state index contributed by atoms with van der Waals surface area (Å²) >= 11 is 0. The predicted octanol–water partition coefficient (Wildman–Crippen LogP) is 5.34. The van der Waals surface area contributed by atoms with E-state index in [4.69, 9.17) is 0 Å². The number of aromatic nitrogens is 3. The summed E-state index contributed by atoms with van der Waals surface area (Å²) in [5.74, 6) is -3.15. The van der Waals surface area contributed by atoms with Crippen LogP contribution in [0.25, 0.3) is 33.4 Å². The van der Waals surface area contributed by atoms with E-state index in [-0.39, 0.29) is 39.3 Å². The second-order valence-electron chi connectivity index (χ2n) is 7.66. The monoisotopic (exact) mass is 427 g/mol.